The van der Waals surface area contributed by atoms with Crippen LogP contribution in [0, 0.1) is 0 Å². The Labute approximate surface area is 121 Å². The van der Waals surface area contributed by atoms with Crippen LogP contribution >= 0.6 is 15.9 Å². The van der Waals surface area contributed by atoms with E-state index in [1.165, 1.54) is 5.39 Å². The average Bonchev–Trinajstić information content (AvgIpc) is 2.80. The SMILES string of the molecule is CN1CCN(N=Cc2c[nH]c3ccc(Br)cc23)CC1. The first-order valence-electron chi connectivity index (χ1n) is 6.46. The number of hydrogen-bond donors (Lipinski definition) is 1. The third-order valence-electron chi connectivity index (χ3n) is 3.52. The number of nitrogens with zero attached hydrogens (tertiary/aromatic N) is 3. The second-order valence-corrected chi connectivity index (χ2v) is 5.85. The summed E-state index contributed by atoms with van der Waals surface area (Å²) in [4.78, 5) is 5.60. The van der Waals surface area contributed by atoms with E-state index in [0.717, 1.165) is 41.7 Å². The van der Waals surface area contributed by atoms with Crippen LogP contribution in [0.1, 0.15) is 5.56 Å². The van der Waals surface area contributed by atoms with Gasteiger partial charge in [0.25, 0.3) is 0 Å². The first-order chi connectivity index (χ1) is 9.22. The summed E-state index contributed by atoms with van der Waals surface area (Å²) in [6.07, 6.45) is 3.97. The number of benzene rings is 1. The normalized spacial score (nSPS) is 17.7. The van der Waals surface area contributed by atoms with Crippen molar-refractivity contribution >= 4 is 33.0 Å². The fraction of sp³-hybridized carbons (Fsp3) is 0.357. The van der Waals surface area contributed by atoms with Gasteiger partial charge in [0.05, 0.1) is 6.21 Å². The topological polar surface area (TPSA) is 34.6 Å². The Morgan fingerprint density at radius 1 is 1.26 bits per heavy atom. The molecule has 0 radical (unpaired) electrons. The number of aromatic amines is 1. The first kappa shape index (κ1) is 12.7. The molecular formula is C14H17BrN4. The number of piperazine rings is 1. The molecule has 0 atom stereocenters. The van der Waals surface area contributed by atoms with Gasteiger partial charge >= 0.3 is 0 Å². The van der Waals surface area contributed by atoms with Crippen LogP contribution in [-0.4, -0.2) is 54.3 Å². The number of hydrogen-bond acceptors (Lipinski definition) is 3. The Morgan fingerprint density at radius 2 is 2.05 bits per heavy atom. The lowest BCUT2D eigenvalue weighted by Gasteiger charge is -2.30. The van der Waals surface area contributed by atoms with Crippen LogP contribution in [0.4, 0.5) is 0 Å². The molecule has 0 bridgehead atoms. The molecule has 100 valence electrons. The monoisotopic (exact) mass is 320 g/mol. The summed E-state index contributed by atoms with van der Waals surface area (Å²) in [5.74, 6) is 0. The molecule has 1 aromatic heterocycles. The van der Waals surface area contributed by atoms with Gasteiger partial charge in [-0.1, -0.05) is 15.9 Å². The largest absolute Gasteiger partial charge is 0.361 e. The molecule has 1 saturated heterocycles. The number of likely N-dealkylation sites (N-methyl/N-ethyl adjacent to an activating group) is 1. The molecule has 0 saturated carbocycles. The highest BCUT2D eigenvalue weighted by Gasteiger charge is 2.11. The van der Waals surface area contributed by atoms with E-state index < -0.39 is 0 Å². The minimum Gasteiger partial charge on any atom is -0.361 e. The van der Waals surface area contributed by atoms with Crippen molar-refractivity contribution in [1.82, 2.24) is 14.9 Å². The second kappa shape index (κ2) is 5.35. The maximum absolute atomic E-state index is 4.59. The molecule has 0 amide bonds. The average molecular weight is 321 g/mol. The van der Waals surface area contributed by atoms with Gasteiger partial charge in [-0.05, 0) is 25.2 Å². The van der Waals surface area contributed by atoms with Gasteiger partial charge < -0.3 is 9.88 Å². The summed E-state index contributed by atoms with van der Waals surface area (Å²) >= 11 is 3.51. The lowest BCUT2D eigenvalue weighted by atomic mass is 10.2. The van der Waals surface area contributed by atoms with Crippen molar-refractivity contribution in [2.75, 3.05) is 33.2 Å². The molecule has 2 heterocycles. The van der Waals surface area contributed by atoms with E-state index in [1.807, 2.05) is 18.5 Å². The number of fused-ring (bicyclic) bond motifs is 1. The van der Waals surface area contributed by atoms with Crippen molar-refractivity contribution in [2.24, 2.45) is 5.10 Å². The minimum absolute atomic E-state index is 0.999. The highest BCUT2D eigenvalue weighted by atomic mass is 79.9. The number of halogens is 1. The van der Waals surface area contributed by atoms with E-state index in [4.69, 9.17) is 0 Å². The number of H-pyrrole nitrogens is 1. The molecule has 0 unspecified atom stereocenters. The Balaban J connectivity index is 1.79. The zero-order chi connectivity index (χ0) is 13.2. The number of nitrogens with one attached hydrogen (secondary N) is 1. The molecule has 1 fully saturated rings. The summed E-state index contributed by atoms with van der Waals surface area (Å²) in [5, 5.41) is 7.92. The summed E-state index contributed by atoms with van der Waals surface area (Å²) in [5.41, 5.74) is 2.28. The van der Waals surface area contributed by atoms with Crippen LogP contribution in [0.5, 0.6) is 0 Å². The molecule has 1 aliphatic heterocycles. The number of rotatable bonds is 2. The maximum Gasteiger partial charge on any atom is 0.0564 e. The van der Waals surface area contributed by atoms with Gasteiger partial charge in [-0.25, -0.2) is 0 Å². The van der Waals surface area contributed by atoms with Gasteiger partial charge in [-0.3, -0.25) is 5.01 Å². The molecular weight excluding hydrogens is 304 g/mol. The standard InChI is InChI=1S/C14H17BrN4/c1-18-4-6-19(7-5-18)17-10-11-9-16-14-3-2-12(15)8-13(11)14/h2-3,8-10,16H,4-7H2,1H3. The highest BCUT2D eigenvalue weighted by molar-refractivity contribution is 9.10. The predicted octanol–water partition coefficient (Wildman–Crippen LogP) is 2.51. The zero-order valence-corrected chi connectivity index (χ0v) is 12.5. The van der Waals surface area contributed by atoms with Crippen LogP contribution in [0.2, 0.25) is 0 Å². The van der Waals surface area contributed by atoms with Crippen molar-refractivity contribution in [2.45, 2.75) is 0 Å². The van der Waals surface area contributed by atoms with E-state index >= 15 is 0 Å². The van der Waals surface area contributed by atoms with E-state index in [0.29, 0.717) is 0 Å². The molecule has 19 heavy (non-hydrogen) atoms. The predicted molar refractivity (Wildman–Crippen MR) is 82.7 cm³/mol. The smallest absolute Gasteiger partial charge is 0.0564 e. The molecule has 5 heteroatoms. The van der Waals surface area contributed by atoms with Crippen molar-refractivity contribution in [3.05, 3.63) is 34.4 Å². The number of aromatic nitrogens is 1. The zero-order valence-electron chi connectivity index (χ0n) is 10.9. The summed E-state index contributed by atoms with van der Waals surface area (Å²) in [6, 6.07) is 6.24. The first-order valence-corrected chi connectivity index (χ1v) is 7.26. The summed E-state index contributed by atoms with van der Waals surface area (Å²) in [7, 11) is 2.15. The van der Waals surface area contributed by atoms with Gasteiger partial charge in [0.2, 0.25) is 0 Å². The summed E-state index contributed by atoms with van der Waals surface area (Å²) < 4.78 is 1.09. The molecule has 1 N–H and O–H groups in total. The lowest BCUT2D eigenvalue weighted by Crippen LogP contribution is -2.41. The van der Waals surface area contributed by atoms with E-state index in [-0.39, 0.29) is 0 Å². The third kappa shape index (κ3) is 2.82. The van der Waals surface area contributed by atoms with E-state index in [9.17, 15) is 0 Å². The molecule has 0 aliphatic carbocycles. The van der Waals surface area contributed by atoms with Crippen LogP contribution < -0.4 is 0 Å². The van der Waals surface area contributed by atoms with Gasteiger partial charge in [-0.15, -0.1) is 0 Å². The molecule has 1 aromatic carbocycles. The summed E-state index contributed by atoms with van der Waals surface area (Å²) in [6.45, 7) is 4.16. The Bertz CT molecular complexity index is 597. The van der Waals surface area contributed by atoms with Crippen LogP contribution in [-0.2, 0) is 0 Å². The van der Waals surface area contributed by atoms with Gasteiger partial charge in [-0.2, -0.15) is 5.10 Å². The lowest BCUT2D eigenvalue weighted by molar-refractivity contribution is 0.159. The van der Waals surface area contributed by atoms with Crippen LogP contribution in [0.25, 0.3) is 10.9 Å². The van der Waals surface area contributed by atoms with Crippen LogP contribution in [0.15, 0.2) is 34.0 Å². The van der Waals surface area contributed by atoms with Crippen molar-refractivity contribution in [3.63, 3.8) is 0 Å². The van der Waals surface area contributed by atoms with Gasteiger partial charge in [0, 0.05) is 53.3 Å². The second-order valence-electron chi connectivity index (χ2n) is 4.94. The van der Waals surface area contributed by atoms with Crippen LogP contribution in [0.3, 0.4) is 0 Å². The minimum atomic E-state index is 0.999. The Morgan fingerprint density at radius 3 is 2.84 bits per heavy atom. The van der Waals surface area contributed by atoms with E-state index in [1.54, 1.807) is 0 Å². The third-order valence-corrected chi connectivity index (χ3v) is 4.01. The molecule has 2 aromatic rings. The maximum atomic E-state index is 4.59. The fourth-order valence-corrected chi connectivity index (χ4v) is 2.64. The van der Waals surface area contributed by atoms with Crippen molar-refractivity contribution in [3.8, 4) is 0 Å². The fourth-order valence-electron chi connectivity index (χ4n) is 2.28. The van der Waals surface area contributed by atoms with E-state index in [2.05, 4.69) is 55.1 Å². The Hall–Kier alpha value is -1.33. The Kier molecular flexibility index (Phi) is 3.57. The molecule has 0 spiro atoms. The van der Waals surface area contributed by atoms with Gasteiger partial charge in [0.1, 0.15) is 0 Å². The number of hydrazone groups is 1. The molecule has 1 aliphatic rings. The molecule has 4 nitrogen and oxygen atoms in total. The highest BCUT2D eigenvalue weighted by Crippen LogP contribution is 2.21. The quantitative estimate of drug-likeness (QED) is 0.863. The van der Waals surface area contributed by atoms with Gasteiger partial charge in [0.15, 0.2) is 0 Å². The van der Waals surface area contributed by atoms with Crippen molar-refractivity contribution < 1.29 is 0 Å². The molecule has 3 rings (SSSR count). The van der Waals surface area contributed by atoms with Crippen molar-refractivity contribution in [1.29, 1.82) is 0 Å².